The third-order valence-electron chi connectivity index (χ3n) is 5.62. The van der Waals surface area contributed by atoms with Gasteiger partial charge in [-0.25, -0.2) is 0 Å². The van der Waals surface area contributed by atoms with Crippen molar-refractivity contribution in [2.75, 3.05) is 12.4 Å². The summed E-state index contributed by atoms with van der Waals surface area (Å²) >= 11 is 6.06. The minimum absolute atomic E-state index is 0.0645. The molecular formula is C26H18ClN3O5. The molecule has 3 aromatic carbocycles. The number of aryl methyl sites for hydroxylation is 1. The summed E-state index contributed by atoms with van der Waals surface area (Å²) in [4.78, 5) is 39.6. The number of ether oxygens (including phenoxy) is 1. The molecule has 5 aromatic rings. The second kappa shape index (κ2) is 8.73. The summed E-state index contributed by atoms with van der Waals surface area (Å²) in [6, 6.07) is 18.2. The second-order valence-electron chi connectivity index (χ2n) is 7.78. The first kappa shape index (κ1) is 22.4. The van der Waals surface area contributed by atoms with Crippen LogP contribution in [0.4, 0.5) is 5.69 Å². The molecule has 0 bridgehead atoms. The molecule has 174 valence electrons. The van der Waals surface area contributed by atoms with Crippen LogP contribution in [0.5, 0.6) is 5.75 Å². The monoisotopic (exact) mass is 487 g/mol. The standard InChI is InChI=1S/C26H18ClN3O5/c1-30-19-12-9-15(27)13-18(19)24(32)22(29-30)26(33)28-21-17-5-3-4-6-20(17)35-25(21)23(31)14-7-10-16(34-2)11-8-14/h3-13H,1-2H3,(H,28,33). The van der Waals surface area contributed by atoms with Crippen molar-refractivity contribution in [1.29, 1.82) is 0 Å². The van der Waals surface area contributed by atoms with Gasteiger partial charge in [0.1, 0.15) is 11.3 Å². The topological polar surface area (TPSA) is 103 Å². The van der Waals surface area contributed by atoms with Gasteiger partial charge >= 0.3 is 0 Å². The van der Waals surface area contributed by atoms with Crippen LogP contribution in [0.25, 0.3) is 21.9 Å². The lowest BCUT2D eigenvalue weighted by Gasteiger charge is -2.09. The molecule has 2 heterocycles. The van der Waals surface area contributed by atoms with Crippen molar-refractivity contribution in [2.45, 2.75) is 0 Å². The van der Waals surface area contributed by atoms with Crippen LogP contribution in [-0.2, 0) is 7.05 Å². The van der Waals surface area contributed by atoms with Crippen molar-refractivity contribution in [3.8, 4) is 5.75 Å². The summed E-state index contributed by atoms with van der Waals surface area (Å²) in [5, 5.41) is 7.98. The SMILES string of the molecule is COc1ccc(C(=O)c2oc3ccccc3c2NC(=O)c2nn(C)c3ccc(Cl)cc3c2=O)cc1. The van der Waals surface area contributed by atoms with Crippen LogP contribution in [-0.4, -0.2) is 28.6 Å². The second-order valence-corrected chi connectivity index (χ2v) is 8.21. The number of fused-ring (bicyclic) bond motifs is 2. The molecule has 0 aliphatic carbocycles. The number of amides is 1. The van der Waals surface area contributed by atoms with Gasteiger partial charge in [0.05, 0.1) is 23.7 Å². The number of anilines is 1. The van der Waals surface area contributed by atoms with Crippen LogP contribution >= 0.6 is 11.6 Å². The molecule has 0 saturated heterocycles. The van der Waals surface area contributed by atoms with Gasteiger partial charge in [0.15, 0.2) is 11.5 Å². The highest BCUT2D eigenvalue weighted by Gasteiger charge is 2.26. The third-order valence-corrected chi connectivity index (χ3v) is 5.86. The molecule has 8 nitrogen and oxygen atoms in total. The van der Waals surface area contributed by atoms with E-state index in [1.165, 1.54) is 17.9 Å². The molecule has 0 spiro atoms. The molecule has 2 aromatic heterocycles. The number of hydrogen-bond donors (Lipinski definition) is 1. The molecule has 0 fully saturated rings. The molecule has 9 heteroatoms. The first-order chi connectivity index (χ1) is 16.9. The summed E-state index contributed by atoms with van der Waals surface area (Å²) in [5.74, 6) is -0.684. The van der Waals surface area contributed by atoms with E-state index in [4.69, 9.17) is 20.8 Å². The Morgan fingerprint density at radius 3 is 2.51 bits per heavy atom. The van der Waals surface area contributed by atoms with E-state index in [1.54, 1.807) is 67.7 Å². The van der Waals surface area contributed by atoms with Crippen molar-refractivity contribution in [3.05, 3.63) is 99.0 Å². The Bertz CT molecular complexity index is 1690. The summed E-state index contributed by atoms with van der Waals surface area (Å²) in [6.45, 7) is 0. The number of methoxy groups -OCH3 is 1. The highest BCUT2D eigenvalue weighted by molar-refractivity contribution is 6.31. The Balaban J connectivity index is 1.60. The largest absolute Gasteiger partial charge is 0.497 e. The number of carbonyl (C=O) groups excluding carboxylic acids is 2. The van der Waals surface area contributed by atoms with E-state index in [-0.39, 0.29) is 22.5 Å². The van der Waals surface area contributed by atoms with Gasteiger partial charge in [-0.15, -0.1) is 0 Å². The smallest absolute Gasteiger partial charge is 0.280 e. The van der Waals surface area contributed by atoms with Gasteiger partial charge in [0, 0.05) is 23.0 Å². The lowest BCUT2D eigenvalue weighted by Crippen LogP contribution is -2.27. The molecule has 0 unspecified atom stereocenters. The number of benzene rings is 3. The average molecular weight is 488 g/mol. The summed E-state index contributed by atoms with van der Waals surface area (Å²) < 4.78 is 12.4. The predicted octanol–water partition coefficient (Wildman–Crippen LogP) is 4.83. The van der Waals surface area contributed by atoms with E-state index in [1.807, 2.05) is 0 Å². The fraction of sp³-hybridized carbons (Fsp3) is 0.0769. The molecule has 0 aliphatic heterocycles. The maximum absolute atomic E-state index is 13.3. The first-order valence-corrected chi connectivity index (χ1v) is 10.9. The maximum Gasteiger partial charge on any atom is 0.280 e. The van der Waals surface area contributed by atoms with Gasteiger partial charge in [-0.2, -0.15) is 5.10 Å². The van der Waals surface area contributed by atoms with Crippen molar-refractivity contribution < 1.29 is 18.7 Å². The number of nitrogens with zero attached hydrogens (tertiary/aromatic N) is 2. The summed E-state index contributed by atoms with van der Waals surface area (Å²) in [6.07, 6.45) is 0. The maximum atomic E-state index is 13.3. The lowest BCUT2D eigenvalue weighted by atomic mass is 10.1. The highest BCUT2D eigenvalue weighted by Crippen LogP contribution is 2.33. The number of carbonyl (C=O) groups is 2. The van der Waals surface area contributed by atoms with Crippen LogP contribution in [0.3, 0.4) is 0 Å². The van der Waals surface area contributed by atoms with E-state index >= 15 is 0 Å². The van der Waals surface area contributed by atoms with Crippen LogP contribution in [0.2, 0.25) is 5.02 Å². The predicted molar refractivity (Wildman–Crippen MR) is 133 cm³/mol. The quantitative estimate of drug-likeness (QED) is 0.356. The Labute approximate surface area is 203 Å². The van der Waals surface area contributed by atoms with Gasteiger partial charge in [-0.3, -0.25) is 19.1 Å². The van der Waals surface area contributed by atoms with E-state index < -0.39 is 17.1 Å². The zero-order chi connectivity index (χ0) is 24.7. The molecule has 0 radical (unpaired) electrons. The van der Waals surface area contributed by atoms with Gasteiger partial charge in [0.2, 0.25) is 11.2 Å². The number of aromatic nitrogens is 2. The van der Waals surface area contributed by atoms with Gasteiger partial charge in [-0.1, -0.05) is 23.7 Å². The normalized spacial score (nSPS) is 11.1. The molecule has 5 rings (SSSR count). The van der Waals surface area contributed by atoms with Crippen molar-refractivity contribution >= 4 is 50.9 Å². The van der Waals surface area contributed by atoms with Crippen molar-refractivity contribution in [2.24, 2.45) is 7.05 Å². The van der Waals surface area contributed by atoms with Crippen molar-refractivity contribution in [1.82, 2.24) is 9.78 Å². The summed E-state index contributed by atoms with van der Waals surface area (Å²) in [5.41, 5.74) is 0.520. The van der Waals surface area contributed by atoms with Gasteiger partial charge in [0.25, 0.3) is 5.91 Å². The van der Waals surface area contributed by atoms with Crippen LogP contribution in [0.15, 0.2) is 75.9 Å². The molecule has 1 N–H and O–H groups in total. The lowest BCUT2D eigenvalue weighted by molar-refractivity contribution is 0.101. The molecule has 0 saturated carbocycles. The first-order valence-electron chi connectivity index (χ1n) is 10.6. The average Bonchev–Trinajstić information content (AvgIpc) is 3.24. The third kappa shape index (κ3) is 3.94. The highest BCUT2D eigenvalue weighted by atomic mass is 35.5. The van der Waals surface area contributed by atoms with Gasteiger partial charge < -0.3 is 14.5 Å². The zero-order valence-electron chi connectivity index (χ0n) is 18.7. The molecule has 0 aliphatic rings. The fourth-order valence-electron chi connectivity index (χ4n) is 3.87. The minimum atomic E-state index is -0.775. The Hall–Kier alpha value is -4.43. The van der Waals surface area contributed by atoms with E-state index in [0.717, 1.165) is 0 Å². The molecule has 35 heavy (non-hydrogen) atoms. The number of furan rings is 1. The summed E-state index contributed by atoms with van der Waals surface area (Å²) in [7, 11) is 3.15. The van der Waals surface area contributed by atoms with E-state index in [2.05, 4.69) is 10.4 Å². The van der Waals surface area contributed by atoms with Crippen molar-refractivity contribution in [3.63, 3.8) is 0 Å². The Morgan fingerprint density at radius 2 is 1.77 bits per heavy atom. The van der Waals surface area contributed by atoms with Crippen LogP contribution < -0.4 is 15.5 Å². The number of hydrogen-bond acceptors (Lipinski definition) is 6. The van der Waals surface area contributed by atoms with Gasteiger partial charge in [-0.05, 0) is 54.6 Å². The Kier molecular flexibility index (Phi) is 5.58. The fourth-order valence-corrected chi connectivity index (χ4v) is 4.05. The number of nitrogens with one attached hydrogen (secondary N) is 1. The van der Waals surface area contributed by atoms with E-state index in [9.17, 15) is 14.4 Å². The molecule has 0 atom stereocenters. The number of rotatable bonds is 5. The molecular weight excluding hydrogens is 470 g/mol. The molecule has 1 amide bonds. The van der Waals surface area contributed by atoms with Crippen LogP contribution in [0.1, 0.15) is 26.6 Å². The Morgan fingerprint density at radius 1 is 1.03 bits per heavy atom. The number of para-hydroxylation sites is 1. The minimum Gasteiger partial charge on any atom is -0.497 e. The van der Waals surface area contributed by atoms with E-state index in [0.29, 0.717) is 32.8 Å². The number of ketones is 1. The van der Waals surface area contributed by atoms with Crippen LogP contribution in [0, 0.1) is 0 Å². The number of halogens is 1. The zero-order valence-corrected chi connectivity index (χ0v) is 19.4.